The fourth-order valence-electron chi connectivity index (χ4n) is 2.13. The Balaban J connectivity index is 1.88. The van der Waals surface area contributed by atoms with Crippen LogP contribution in [-0.2, 0) is 9.09 Å². The van der Waals surface area contributed by atoms with E-state index in [-0.39, 0.29) is 6.10 Å². The van der Waals surface area contributed by atoms with Crippen molar-refractivity contribution in [1.29, 1.82) is 0 Å². The average molecular weight is 357 g/mol. The van der Waals surface area contributed by atoms with E-state index >= 15 is 0 Å². The van der Waals surface area contributed by atoms with Gasteiger partial charge in [-0.25, -0.2) is 4.52 Å². The highest BCUT2D eigenvalue weighted by molar-refractivity contribution is 7.33. The summed E-state index contributed by atoms with van der Waals surface area (Å²) in [7, 11) is -2.25. The Bertz CT molecular complexity index is 683. The number of para-hydroxylation sites is 1. The fraction of sp³-hybridized carbons (Fsp3) is 0.200. The van der Waals surface area contributed by atoms with Crippen LogP contribution in [0.1, 0.15) is 19.3 Å². The van der Waals surface area contributed by atoms with E-state index < -0.39 is 8.25 Å². The largest absolute Gasteiger partial charge is 0.750 e. The first-order valence-electron chi connectivity index (χ1n) is 8.08. The zero-order valence-electron chi connectivity index (χ0n) is 14.0. The van der Waals surface area contributed by atoms with Gasteiger partial charge in [0.15, 0.2) is 5.75 Å². The van der Waals surface area contributed by atoms with Gasteiger partial charge in [-0.3, -0.25) is 0 Å². The second-order valence-electron chi connectivity index (χ2n) is 5.32. The standard InChI is InChI=1S/C20H22O4P/c1-3-5-10-19(9-4-2)23-25(21)24-20-15-13-18(14-16-20)22-17-11-7-6-8-12-17/h3-4,6-8,11-16,19H,1-2,5,9-10H2/q+1. The molecule has 2 aromatic rings. The lowest BCUT2D eigenvalue weighted by molar-refractivity contribution is 0.186. The summed E-state index contributed by atoms with van der Waals surface area (Å²) in [4.78, 5) is 0. The molecule has 0 heterocycles. The van der Waals surface area contributed by atoms with E-state index in [0.29, 0.717) is 17.9 Å². The van der Waals surface area contributed by atoms with Crippen molar-refractivity contribution >= 4 is 8.25 Å². The maximum absolute atomic E-state index is 12.0. The molecule has 2 aromatic carbocycles. The van der Waals surface area contributed by atoms with Gasteiger partial charge in [-0.05, 0) is 55.7 Å². The van der Waals surface area contributed by atoms with Crippen molar-refractivity contribution in [2.24, 2.45) is 0 Å². The average Bonchev–Trinajstić information content (AvgIpc) is 2.62. The molecular weight excluding hydrogens is 335 g/mol. The molecule has 0 aliphatic heterocycles. The van der Waals surface area contributed by atoms with Crippen molar-refractivity contribution in [3.05, 3.63) is 79.9 Å². The minimum Gasteiger partial charge on any atom is -0.457 e. The molecule has 0 radical (unpaired) electrons. The smallest absolute Gasteiger partial charge is 0.457 e. The van der Waals surface area contributed by atoms with Crippen LogP contribution >= 0.6 is 8.25 Å². The van der Waals surface area contributed by atoms with Crippen molar-refractivity contribution in [1.82, 2.24) is 0 Å². The summed E-state index contributed by atoms with van der Waals surface area (Å²) >= 11 is 0. The molecule has 25 heavy (non-hydrogen) atoms. The lowest BCUT2D eigenvalue weighted by atomic mass is 10.1. The summed E-state index contributed by atoms with van der Waals surface area (Å²) in [6, 6.07) is 16.4. The van der Waals surface area contributed by atoms with Gasteiger partial charge in [0.05, 0.1) is 0 Å². The van der Waals surface area contributed by atoms with Crippen LogP contribution in [0, 0.1) is 0 Å². The van der Waals surface area contributed by atoms with Crippen LogP contribution in [0.4, 0.5) is 0 Å². The van der Waals surface area contributed by atoms with E-state index in [0.717, 1.165) is 18.6 Å². The molecule has 5 heteroatoms. The van der Waals surface area contributed by atoms with Gasteiger partial charge < -0.3 is 4.74 Å². The van der Waals surface area contributed by atoms with Gasteiger partial charge >= 0.3 is 8.25 Å². The molecule has 0 aliphatic carbocycles. The first-order valence-corrected chi connectivity index (χ1v) is 9.17. The number of hydrogen-bond donors (Lipinski definition) is 0. The first kappa shape index (κ1) is 18.9. The monoisotopic (exact) mass is 357 g/mol. The van der Waals surface area contributed by atoms with Crippen LogP contribution in [0.25, 0.3) is 0 Å². The molecule has 0 saturated heterocycles. The molecule has 0 aromatic heterocycles. The van der Waals surface area contributed by atoms with Gasteiger partial charge in [0.25, 0.3) is 0 Å². The van der Waals surface area contributed by atoms with Gasteiger partial charge in [-0.2, -0.15) is 0 Å². The molecule has 0 amide bonds. The number of benzene rings is 2. The van der Waals surface area contributed by atoms with Crippen molar-refractivity contribution in [2.45, 2.75) is 25.4 Å². The zero-order valence-corrected chi connectivity index (χ0v) is 14.9. The highest BCUT2D eigenvalue weighted by Crippen LogP contribution is 2.33. The molecule has 0 N–H and O–H groups in total. The van der Waals surface area contributed by atoms with Gasteiger partial charge in [0.1, 0.15) is 17.6 Å². The van der Waals surface area contributed by atoms with Gasteiger partial charge in [-0.15, -0.1) is 17.7 Å². The van der Waals surface area contributed by atoms with E-state index in [1.165, 1.54) is 0 Å². The highest BCUT2D eigenvalue weighted by Gasteiger charge is 2.27. The summed E-state index contributed by atoms with van der Waals surface area (Å²) in [5, 5.41) is 0. The Morgan fingerprint density at radius 2 is 1.56 bits per heavy atom. The third-order valence-corrected chi connectivity index (χ3v) is 4.17. The van der Waals surface area contributed by atoms with Crippen LogP contribution < -0.4 is 9.26 Å². The lowest BCUT2D eigenvalue weighted by Crippen LogP contribution is -2.08. The predicted molar refractivity (Wildman–Crippen MR) is 100 cm³/mol. The quantitative estimate of drug-likeness (QED) is 0.343. The second-order valence-corrected chi connectivity index (χ2v) is 6.16. The third-order valence-electron chi connectivity index (χ3n) is 3.34. The van der Waals surface area contributed by atoms with Crippen molar-refractivity contribution in [3.8, 4) is 17.2 Å². The summed E-state index contributed by atoms with van der Waals surface area (Å²) in [5.41, 5.74) is 0. The molecule has 0 bridgehead atoms. The summed E-state index contributed by atoms with van der Waals surface area (Å²) in [5.74, 6) is 1.88. The number of ether oxygens (including phenoxy) is 1. The Kier molecular flexibility index (Phi) is 7.90. The Hall–Kier alpha value is -2.42. The van der Waals surface area contributed by atoms with Gasteiger partial charge in [0.2, 0.25) is 0 Å². The van der Waals surface area contributed by atoms with E-state index in [2.05, 4.69) is 13.2 Å². The van der Waals surface area contributed by atoms with Crippen LogP contribution in [0.3, 0.4) is 0 Å². The van der Waals surface area contributed by atoms with E-state index in [1.54, 1.807) is 36.4 Å². The minimum absolute atomic E-state index is 0.195. The van der Waals surface area contributed by atoms with Crippen LogP contribution in [0.5, 0.6) is 17.2 Å². The number of hydrogen-bond acceptors (Lipinski definition) is 4. The molecule has 0 spiro atoms. The van der Waals surface area contributed by atoms with Crippen LogP contribution in [0.2, 0.25) is 0 Å². The fourth-order valence-corrected chi connectivity index (χ4v) is 2.90. The van der Waals surface area contributed by atoms with Crippen LogP contribution in [-0.4, -0.2) is 6.10 Å². The molecule has 0 fully saturated rings. The van der Waals surface area contributed by atoms with E-state index in [4.69, 9.17) is 13.8 Å². The third kappa shape index (κ3) is 6.92. The zero-order chi connectivity index (χ0) is 17.9. The molecule has 4 nitrogen and oxygen atoms in total. The SMILES string of the molecule is C=CCCC(CC=C)O[P+](=O)Oc1ccc(Oc2ccccc2)cc1. The van der Waals surface area contributed by atoms with Crippen molar-refractivity contribution in [2.75, 3.05) is 0 Å². The Morgan fingerprint density at radius 1 is 0.920 bits per heavy atom. The maximum Gasteiger partial charge on any atom is 0.750 e. The van der Waals surface area contributed by atoms with Gasteiger partial charge in [0, 0.05) is 4.57 Å². The highest BCUT2D eigenvalue weighted by atomic mass is 31.1. The topological polar surface area (TPSA) is 44.8 Å². The second kappa shape index (κ2) is 10.4. The summed E-state index contributed by atoms with van der Waals surface area (Å²) in [6.07, 6.45) is 5.48. The number of allylic oxidation sites excluding steroid dienone is 1. The Morgan fingerprint density at radius 3 is 2.20 bits per heavy atom. The number of rotatable bonds is 11. The predicted octanol–water partition coefficient (Wildman–Crippen LogP) is 6.44. The summed E-state index contributed by atoms with van der Waals surface area (Å²) < 4.78 is 28.6. The lowest BCUT2D eigenvalue weighted by Gasteiger charge is -2.06. The Labute approximate surface area is 149 Å². The summed E-state index contributed by atoms with van der Waals surface area (Å²) in [6.45, 7) is 7.37. The van der Waals surface area contributed by atoms with E-state index in [1.807, 2.05) is 30.3 Å². The maximum atomic E-state index is 12.0. The molecule has 2 unspecified atom stereocenters. The minimum atomic E-state index is -2.25. The normalized spacial score (nSPS) is 12.1. The first-order chi connectivity index (χ1) is 12.2. The van der Waals surface area contributed by atoms with Crippen molar-refractivity contribution < 1.29 is 18.3 Å². The molecule has 2 atom stereocenters. The van der Waals surface area contributed by atoms with Crippen LogP contribution in [0.15, 0.2) is 79.9 Å². The molecule has 130 valence electrons. The van der Waals surface area contributed by atoms with Crippen molar-refractivity contribution in [3.63, 3.8) is 0 Å². The molecular formula is C20H22O4P+. The molecule has 0 aliphatic rings. The van der Waals surface area contributed by atoms with E-state index in [9.17, 15) is 4.57 Å². The van der Waals surface area contributed by atoms with Gasteiger partial charge in [-0.1, -0.05) is 30.4 Å². The molecule has 2 rings (SSSR count). The molecule has 0 saturated carbocycles.